The van der Waals surface area contributed by atoms with Crippen molar-refractivity contribution in [3.05, 3.63) is 18.3 Å². The Morgan fingerprint density at radius 3 is 2.90 bits per heavy atom. The van der Waals surface area contributed by atoms with Crippen LogP contribution in [0.2, 0.25) is 0 Å². The summed E-state index contributed by atoms with van der Waals surface area (Å²) in [7, 11) is 1.98. The Kier molecular flexibility index (Phi) is 4.45. The van der Waals surface area contributed by atoms with Gasteiger partial charge in [0.05, 0.1) is 0 Å². The number of hydrogen-bond acceptors (Lipinski definition) is 4. The molecule has 2 aromatic rings. The van der Waals surface area contributed by atoms with Gasteiger partial charge in [0.25, 0.3) is 11.1 Å². The predicted molar refractivity (Wildman–Crippen MR) is 80.6 cm³/mol. The third kappa shape index (κ3) is 3.26. The molecular formula is C15H21N3OS. The molecule has 0 unspecified atom stereocenters. The molecule has 0 N–H and O–H groups in total. The van der Waals surface area contributed by atoms with Crippen LogP contribution in [-0.4, -0.2) is 20.5 Å². The van der Waals surface area contributed by atoms with Crippen molar-refractivity contribution >= 4 is 11.8 Å². The largest absolute Gasteiger partial charge is 0.410 e. The fraction of sp³-hybridized carbons (Fsp3) is 0.600. The average Bonchev–Trinajstić information content (AvgIpc) is 3.09. The highest BCUT2D eigenvalue weighted by Crippen LogP contribution is 2.29. The van der Waals surface area contributed by atoms with Crippen LogP contribution in [0.4, 0.5) is 0 Å². The Morgan fingerprint density at radius 1 is 1.30 bits per heavy atom. The van der Waals surface area contributed by atoms with Gasteiger partial charge in [-0.2, -0.15) is 0 Å². The van der Waals surface area contributed by atoms with E-state index in [9.17, 15) is 0 Å². The summed E-state index contributed by atoms with van der Waals surface area (Å²) in [6.45, 7) is 0. The standard InChI is InChI=1S/C15H21N3OS/c1-18-10-5-8-13(18)14-16-17-15(19-14)20-11-9-12-6-3-2-4-7-12/h5,8,10,12H,2-4,6-7,9,11H2,1H3. The van der Waals surface area contributed by atoms with E-state index < -0.39 is 0 Å². The first-order valence-corrected chi connectivity index (χ1v) is 8.39. The molecular weight excluding hydrogens is 270 g/mol. The van der Waals surface area contributed by atoms with E-state index in [4.69, 9.17) is 4.42 Å². The number of thioether (sulfide) groups is 1. The summed E-state index contributed by atoms with van der Waals surface area (Å²) >= 11 is 1.69. The van der Waals surface area contributed by atoms with Crippen LogP contribution in [0.5, 0.6) is 0 Å². The Hall–Kier alpha value is -1.23. The Labute approximate surface area is 124 Å². The first-order chi connectivity index (χ1) is 9.83. The molecule has 0 saturated heterocycles. The molecule has 0 radical (unpaired) electrons. The highest BCUT2D eigenvalue weighted by Gasteiger charge is 2.15. The maximum absolute atomic E-state index is 5.72. The second-order valence-corrected chi connectivity index (χ2v) is 6.56. The molecule has 5 heteroatoms. The summed E-state index contributed by atoms with van der Waals surface area (Å²) < 4.78 is 7.71. The zero-order valence-corrected chi connectivity index (χ0v) is 12.7. The van der Waals surface area contributed by atoms with Gasteiger partial charge in [-0.1, -0.05) is 43.9 Å². The van der Waals surface area contributed by atoms with Crippen molar-refractivity contribution in [3.63, 3.8) is 0 Å². The molecule has 1 saturated carbocycles. The Morgan fingerprint density at radius 2 is 2.15 bits per heavy atom. The average molecular weight is 291 g/mol. The molecule has 0 spiro atoms. The summed E-state index contributed by atoms with van der Waals surface area (Å²) in [4.78, 5) is 0. The van der Waals surface area contributed by atoms with Gasteiger partial charge in [-0.15, -0.1) is 10.2 Å². The van der Waals surface area contributed by atoms with Gasteiger partial charge in [-0.3, -0.25) is 0 Å². The molecule has 0 amide bonds. The van der Waals surface area contributed by atoms with Crippen molar-refractivity contribution in [2.45, 2.75) is 43.7 Å². The molecule has 1 aliphatic rings. The van der Waals surface area contributed by atoms with Crippen LogP contribution in [-0.2, 0) is 7.05 Å². The second kappa shape index (κ2) is 6.48. The van der Waals surface area contributed by atoms with Crippen LogP contribution < -0.4 is 0 Å². The van der Waals surface area contributed by atoms with Gasteiger partial charge < -0.3 is 8.98 Å². The maximum atomic E-state index is 5.72. The third-order valence-corrected chi connectivity index (χ3v) is 4.90. The lowest BCUT2D eigenvalue weighted by atomic mass is 9.88. The fourth-order valence-corrected chi connectivity index (χ4v) is 3.71. The highest BCUT2D eigenvalue weighted by atomic mass is 32.2. The van der Waals surface area contributed by atoms with Gasteiger partial charge in [-0.25, -0.2) is 0 Å². The number of nitrogens with zero attached hydrogens (tertiary/aromatic N) is 3. The summed E-state index contributed by atoms with van der Waals surface area (Å²) in [6.07, 6.45) is 10.3. The van der Waals surface area contributed by atoms with E-state index in [-0.39, 0.29) is 0 Å². The van der Waals surface area contributed by atoms with Gasteiger partial charge in [0, 0.05) is 19.0 Å². The summed E-state index contributed by atoms with van der Waals surface area (Å²) in [6, 6.07) is 3.97. The monoisotopic (exact) mass is 291 g/mol. The molecule has 0 aromatic carbocycles. The Balaban J connectivity index is 1.51. The minimum atomic E-state index is 0.609. The van der Waals surface area contributed by atoms with E-state index in [1.807, 2.05) is 29.9 Å². The topological polar surface area (TPSA) is 43.9 Å². The summed E-state index contributed by atoms with van der Waals surface area (Å²) in [5.74, 6) is 2.60. The molecule has 4 nitrogen and oxygen atoms in total. The van der Waals surface area contributed by atoms with Gasteiger partial charge in [0.1, 0.15) is 5.69 Å². The second-order valence-electron chi connectivity index (χ2n) is 5.52. The molecule has 0 atom stereocenters. The van der Waals surface area contributed by atoms with Crippen LogP contribution >= 0.6 is 11.8 Å². The lowest BCUT2D eigenvalue weighted by Crippen LogP contribution is -2.06. The molecule has 20 heavy (non-hydrogen) atoms. The van der Waals surface area contributed by atoms with Gasteiger partial charge in [-0.05, 0) is 24.5 Å². The Bertz CT molecular complexity index is 543. The highest BCUT2D eigenvalue weighted by molar-refractivity contribution is 7.99. The molecule has 2 heterocycles. The van der Waals surface area contributed by atoms with Crippen molar-refractivity contribution in [1.29, 1.82) is 0 Å². The van der Waals surface area contributed by atoms with Crippen molar-refractivity contribution < 1.29 is 4.42 Å². The fourth-order valence-electron chi connectivity index (χ4n) is 2.84. The zero-order valence-electron chi connectivity index (χ0n) is 11.9. The number of aromatic nitrogens is 3. The molecule has 0 aliphatic heterocycles. The van der Waals surface area contributed by atoms with E-state index in [0.29, 0.717) is 11.1 Å². The lowest BCUT2D eigenvalue weighted by Gasteiger charge is -2.20. The number of aryl methyl sites for hydroxylation is 1. The number of hydrogen-bond donors (Lipinski definition) is 0. The lowest BCUT2D eigenvalue weighted by molar-refractivity contribution is 0.351. The van der Waals surface area contributed by atoms with E-state index in [0.717, 1.165) is 17.4 Å². The molecule has 1 aliphatic carbocycles. The maximum Gasteiger partial charge on any atom is 0.276 e. The predicted octanol–water partition coefficient (Wildman–Crippen LogP) is 4.14. The smallest absolute Gasteiger partial charge is 0.276 e. The van der Waals surface area contributed by atoms with Crippen molar-refractivity contribution in [3.8, 4) is 11.6 Å². The van der Waals surface area contributed by atoms with Gasteiger partial charge in [0.15, 0.2) is 0 Å². The molecule has 0 bridgehead atoms. The molecule has 3 rings (SSSR count). The molecule has 2 aromatic heterocycles. The van der Waals surface area contributed by atoms with E-state index in [2.05, 4.69) is 10.2 Å². The number of rotatable bonds is 5. The zero-order chi connectivity index (χ0) is 13.8. The van der Waals surface area contributed by atoms with Gasteiger partial charge in [0.2, 0.25) is 0 Å². The van der Waals surface area contributed by atoms with E-state index in [1.165, 1.54) is 38.5 Å². The van der Waals surface area contributed by atoms with Crippen molar-refractivity contribution in [2.75, 3.05) is 5.75 Å². The quantitative estimate of drug-likeness (QED) is 0.777. The van der Waals surface area contributed by atoms with Crippen LogP contribution in [0.25, 0.3) is 11.6 Å². The van der Waals surface area contributed by atoms with Crippen molar-refractivity contribution in [2.24, 2.45) is 13.0 Å². The van der Waals surface area contributed by atoms with Crippen molar-refractivity contribution in [1.82, 2.24) is 14.8 Å². The van der Waals surface area contributed by atoms with Crippen LogP contribution in [0, 0.1) is 5.92 Å². The first kappa shape index (κ1) is 13.7. The van der Waals surface area contributed by atoms with E-state index >= 15 is 0 Å². The minimum absolute atomic E-state index is 0.609. The van der Waals surface area contributed by atoms with E-state index in [1.54, 1.807) is 11.8 Å². The molecule has 108 valence electrons. The van der Waals surface area contributed by atoms with Crippen LogP contribution in [0.1, 0.15) is 38.5 Å². The third-order valence-electron chi connectivity index (χ3n) is 4.05. The minimum Gasteiger partial charge on any atom is -0.410 e. The first-order valence-electron chi connectivity index (χ1n) is 7.41. The summed E-state index contributed by atoms with van der Waals surface area (Å²) in [5.41, 5.74) is 0.969. The normalized spacial score (nSPS) is 16.6. The van der Waals surface area contributed by atoms with Crippen LogP contribution in [0.3, 0.4) is 0 Å². The SMILES string of the molecule is Cn1cccc1-c1nnc(SCCC2CCCCC2)o1. The molecule has 1 fully saturated rings. The van der Waals surface area contributed by atoms with Crippen LogP contribution in [0.15, 0.2) is 28.0 Å². The van der Waals surface area contributed by atoms with Gasteiger partial charge >= 0.3 is 0 Å². The summed E-state index contributed by atoms with van der Waals surface area (Å²) in [5, 5.41) is 8.95.